The van der Waals surface area contributed by atoms with Crippen molar-refractivity contribution in [2.24, 2.45) is 11.8 Å². The number of nitrogens with one attached hydrogen (secondary N) is 4. The van der Waals surface area contributed by atoms with Crippen LogP contribution >= 0.6 is 11.6 Å². The lowest BCUT2D eigenvalue weighted by atomic mass is 9.92. The fourth-order valence-corrected chi connectivity index (χ4v) is 4.42. The van der Waals surface area contributed by atoms with Gasteiger partial charge in [0.1, 0.15) is 17.8 Å². The quantitative estimate of drug-likeness (QED) is 0.504. The molecule has 1 saturated carbocycles. The Labute approximate surface area is 186 Å². The van der Waals surface area contributed by atoms with E-state index in [1.807, 2.05) is 6.07 Å². The van der Waals surface area contributed by atoms with Gasteiger partial charge in [0.05, 0.1) is 6.07 Å². The number of halogens is 1. The average molecular weight is 442 g/mol. The molecular weight excluding hydrogens is 414 g/mol. The lowest BCUT2D eigenvalue weighted by Gasteiger charge is -2.26. The van der Waals surface area contributed by atoms with E-state index < -0.39 is 12.1 Å². The van der Waals surface area contributed by atoms with Crippen LogP contribution in [0.1, 0.15) is 49.0 Å². The van der Waals surface area contributed by atoms with Gasteiger partial charge < -0.3 is 20.9 Å². The maximum absolute atomic E-state index is 13.0. The lowest BCUT2D eigenvalue weighted by molar-refractivity contribution is -0.123. The van der Waals surface area contributed by atoms with Crippen LogP contribution in [0.2, 0.25) is 5.02 Å². The van der Waals surface area contributed by atoms with E-state index in [0.717, 1.165) is 49.7 Å². The van der Waals surface area contributed by atoms with Crippen molar-refractivity contribution in [2.75, 3.05) is 13.1 Å². The molecule has 4 N–H and O–H groups in total. The summed E-state index contributed by atoms with van der Waals surface area (Å²) in [7, 11) is 0. The summed E-state index contributed by atoms with van der Waals surface area (Å²) < 4.78 is 0. The van der Waals surface area contributed by atoms with Gasteiger partial charge in [0.2, 0.25) is 5.91 Å². The molecule has 2 aromatic rings. The average Bonchev–Trinajstić information content (AvgIpc) is 3.49. The molecule has 7 nitrogen and oxygen atoms in total. The van der Waals surface area contributed by atoms with Crippen LogP contribution in [0.3, 0.4) is 0 Å². The Balaban J connectivity index is 1.41. The highest BCUT2D eigenvalue weighted by Crippen LogP contribution is 2.33. The minimum atomic E-state index is -0.657. The Hall–Kier alpha value is -2.56. The van der Waals surface area contributed by atoms with E-state index in [-0.39, 0.29) is 11.8 Å². The number of amides is 2. The fraction of sp³-hybridized carbons (Fsp3) is 0.522. The number of aromatic nitrogens is 1. The van der Waals surface area contributed by atoms with Gasteiger partial charge in [-0.3, -0.25) is 9.59 Å². The van der Waals surface area contributed by atoms with Crippen molar-refractivity contribution in [1.82, 2.24) is 20.9 Å². The zero-order chi connectivity index (χ0) is 21.8. The molecule has 2 fully saturated rings. The number of piperidine rings is 1. The number of aromatic amines is 1. The van der Waals surface area contributed by atoms with Crippen molar-refractivity contribution >= 4 is 34.3 Å². The minimum Gasteiger partial charge on any atom is -0.350 e. The highest BCUT2D eigenvalue weighted by molar-refractivity contribution is 6.31. The Kier molecular flexibility index (Phi) is 6.79. The van der Waals surface area contributed by atoms with Gasteiger partial charge in [-0.25, -0.2) is 0 Å². The molecule has 31 heavy (non-hydrogen) atoms. The second kappa shape index (κ2) is 9.71. The van der Waals surface area contributed by atoms with E-state index in [2.05, 4.69) is 27.0 Å². The Morgan fingerprint density at radius 3 is 2.71 bits per heavy atom. The number of hydrogen-bond donors (Lipinski definition) is 4. The molecule has 3 unspecified atom stereocenters. The van der Waals surface area contributed by atoms with Crippen LogP contribution < -0.4 is 16.0 Å². The van der Waals surface area contributed by atoms with Gasteiger partial charge in [-0.1, -0.05) is 30.5 Å². The predicted molar refractivity (Wildman–Crippen MR) is 120 cm³/mol. The number of carbonyl (C=O) groups is 2. The first-order valence-electron chi connectivity index (χ1n) is 11.0. The fourth-order valence-electron chi connectivity index (χ4n) is 4.25. The summed E-state index contributed by atoms with van der Waals surface area (Å²) in [5.41, 5.74) is 1.16. The number of benzene rings is 1. The van der Waals surface area contributed by atoms with Gasteiger partial charge in [0.25, 0.3) is 5.91 Å². The number of nitriles is 1. The zero-order valence-corrected chi connectivity index (χ0v) is 18.2. The summed E-state index contributed by atoms with van der Waals surface area (Å²) in [6, 6.07) is 8.14. The summed E-state index contributed by atoms with van der Waals surface area (Å²) in [5, 5.41) is 20.1. The van der Waals surface area contributed by atoms with Crippen molar-refractivity contribution in [3.63, 3.8) is 0 Å². The van der Waals surface area contributed by atoms with Crippen molar-refractivity contribution in [3.05, 3.63) is 35.0 Å². The second-order valence-corrected chi connectivity index (χ2v) is 9.19. The number of hydrogen-bond acceptors (Lipinski definition) is 4. The molecule has 1 aromatic heterocycles. The molecule has 0 spiro atoms. The van der Waals surface area contributed by atoms with Gasteiger partial charge >= 0.3 is 0 Å². The lowest BCUT2D eigenvalue weighted by Crippen LogP contribution is -2.50. The highest BCUT2D eigenvalue weighted by Gasteiger charge is 2.32. The first kappa shape index (κ1) is 21.7. The molecular formula is C23H28ClN5O2. The number of carbonyl (C=O) groups excluding carboxylic acids is 2. The van der Waals surface area contributed by atoms with Crippen LogP contribution in [0.15, 0.2) is 24.3 Å². The molecule has 0 radical (unpaired) electrons. The summed E-state index contributed by atoms with van der Waals surface area (Å²) in [4.78, 5) is 28.9. The van der Waals surface area contributed by atoms with Crippen molar-refractivity contribution in [1.29, 1.82) is 5.26 Å². The smallest absolute Gasteiger partial charge is 0.268 e. The summed E-state index contributed by atoms with van der Waals surface area (Å²) >= 11 is 6.03. The van der Waals surface area contributed by atoms with Gasteiger partial charge in [-0.05, 0) is 68.8 Å². The molecule has 2 aliphatic rings. The molecule has 1 aromatic carbocycles. The topological polar surface area (TPSA) is 110 Å². The van der Waals surface area contributed by atoms with E-state index in [9.17, 15) is 14.9 Å². The van der Waals surface area contributed by atoms with E-state index >= 15 is 0 Å². The third-order valence-corrected chi connectivity index (χ3v) is 6.39. The van der Waals surface area contributed by atoms with Crippen LogP contribution in [0, 0.1) is 23.2 Å². The highest BCUT2D eigenvalue weighted by atomic mass is 35.5. The first-order chi connectivity index (χ1) is 15.0. The van der Waals surface area contributed by atoms with Crippen LogP contribution in [0.4, 0.5) is 0 Å². The molecule has 1 aliphatic carbocycles. The third kappa shape index (κ3) is 5.78. The van der Waals surface area contributed by atoms with Crippen LogP contribution in [0.5, 0.6) is 0 Å². The maximum Gasteiger partial charge on any atom is 0.268 e. The van der Waals surface area contributed by atoms with Gasteiger partial charge in [-0.15, -0.1) is 0 Å². The molecule has 4 rings (SSSR count). The van der Waals surface area contributed by atoms with Crippen molar-refractivity contribution < 1.29 is 9.59 Å². The Morgan fingerprint density at radius 2 is 2.00 bits per heavy atom. The predicted octanol–water partition coefficient (Wildman–Crippen LogP) is 3.12. The van der Waals surface area contributed by atoms with E-state index in [4.69, 9.17) is 11.6 Å². The van der Waals surface area contributed by atoms with Crippen LogP contribution in [-0.2, 0) is 4.79 Å². The number of rotatable bonds is 8. The zero-order valence-electron chi connectivity index (χ0n) is 17.4. The molecule has 8 heteroatoms. The number of H-pyrrole nitrogens is 1. The number of nitrogens with zero attached hydrogens (tertiary/aromatic N) is 1. The third-order valence-electron chi connectivity index (χ3n) is 6.16. The van der Waals surface area contributed by atoms with Crippen molar-refractivity contribution in [2.45, 2.75) is 50.6 Å². The normalized spacial score (nSPS) is 20.6. The summed E-state index contributed by atoms with van der Waals surface area (Å²) in [6.07, 6.45) is 5.51. The Bertz CT molecular complexity index is 988. The van der Waals surface area contributed by atoms with Gasteiger partial charge in [0.15, 0.2) is 0 Å². The molecule has 3 atom stereocenters. The molecule has 2 heterocycles. The van der Waals surface area contributed by atoms with E-state index in [0.29, 0.717) is 35.4 Å². The molecule has 0 bridgehead atoms. The van der Waals surface area contributed by atoms with E-state index in [1.165, 1.54) is 0 Å². The monoisotopic (exact) mass is 441 g/mol. The summed E-state index contributed by atoms with van der Waals surface area (Å²) in [6.45, 7) is 1.89. The van der Waals surface area contributed by atoms with Crippen LogP contribution in [0.25, 0.3) is 10.9 Å². The Morgan fingerprint density at radius 1 is 1.16 bits per heavy atom. The van der Waals surface area contributed by atoms with Crippen molar-refractivity contribution in [3.8, 4) is 6.07 Å². The first-order valence-corrected chi connectivity index (χ1v) is 11.4. The SMILES string of the molecule is N#CC(CC1CCCNC1)NC(=O)C(CC1CC1)NC(=O)c1cc2ccc(Cl)cc2[nH]1. The van der Waals surface area contributed by atoms with Gasteiger partial charge in [-0.2, -0.15) is 5.26 Å². The molecule has 2 amide bonds. The molecule has 1 aliphatic heterocycles. The van der Waals surface area contributed by atoms with Gasteiger partial charge in [0, 0.05) is 15.9 Å². The number of fused-ring (bicyclic) bond motifs is 1. The largest absolute Gasteiger partial charge is 0.350 e. The summed E-state index contributed by atoms with van der Waals surface area (Å²) in [5.74, 6) is 0.210. The van der Waals surface area contributed by atoms with E-state index in [1.54, 1.807) is 18.2 Å². The standard InChI is InChI=1S/C23H28ClN5O2/c24-17-6-5-16-10-21(28-19(16)11-17)23(31)29-20(9-14-3-4-14)22(30)27-18(12-25)8-15-2-1-7-26-13-15/h5-6,10-11,14-15,18,20,26,28H,1-4,7-9,13H2,(H,27,30)(H,29,31). The second-order valence-electron chi connectivity index (χ2n) is 8.76. The molecule has 164 valence electrons. The minimum absolute atomic E-state index is 0.283. The van der Waals surface area contributed by atoms with Crippen LogP contribution in [-0.4, -0.2) is 42.0 Å². The maximum atomic E-state index is 13.0. The molecule has 1 saturated heterocycles.